The number of aryl methyl sites for hydroxylation is 1. The van der Waals surface area contributed by atoms with Gasteiger partial charge in [0.25, 0.3) is 0 Å². The molecular formula is C14H16ClN3O2S. The predicted molar refractivity (Wildman–Crippen MR) is 83.2 cm³/mol. The molecule has 2 rings (SSSR count). The van der Waals surface area contributed by atoms with E-state index in [2.05, 4.69) is 15.5 Å². The Bertz CT molecular complexity index is 618. The standard InChI is InChI=1S/C14H16ClN3O2S/c1-9(14-17-10(2)18-20-14)21-8-13(19)16-7-11-4-3-5-12(15)6-11/h3-6,9H,7-8H2,1-2H3,(H,16,19)/t9-/m0/s1. The molecule has 1 aromatic carbocycles. The molecule has 1 N–H and O–H groups in total. The van der Waals surface area contributed by atoms with Crippen LogP contribution in [0.2, 0.25) is 5.02 Å². The van der Waals surface area contributed by atoms with Crippen LogP contribution < -0.4 is 5.32 Å². The molecule has 1 heterocycles. The van der Waals surface area contributed by atoms with Crippen molar-refractivity contribution in [3.8, 4) is 0 Å². The van der Waals surface area contributed by atoms with Gasteiger partial charge in [0.1, 0.15) is 0 Å². The first-order valence-corrected chi connectivity index (χ1v) is 7.90. The highest BCUT2D eigenvalue weighted by Crippen LogP contribution is 2.26. The molecule has 0 radical (unpaired) electrons. The summed E-state index contributed by atoms with van der Waals surface area (Å²) < 4.78 is 5.07. The average molecular weight is 326 g/mol. The highest BCUT2D eigenvalue weighted by Gasteiger charge is 2.15. The summed E-state index contributed by atoms with van der Waals surface area (Å²) in [5, 5.41) is 7.24. The molecule has 0 fully saturated rings. The highest BCUT2D eigenvalue weighted by atomic mass is 35.5. The fourth-order valence-corrected chi connectivity index (χ4v) is 2.60. The van der Waals surface area contributed by atoms with Crippen LogP contribution in [0.4, 0.5) is 0 Å². The van der Waals surface area contributed by atoms with Crippen LogP contribution in [-0.4, -0.2) is 21.8 Å². The van der Waals surface area contributed by atoms with Crippen LogP contribution in [0.15, 0.2) is 28.8 Å². The second-order valence-electron chi connectivity index (χ2n) is 4.54. The van der Waals surface area contributed by atoms with Gasteiger partial charge in [-0.15, -0.1) is 11.8 Å². The first-order valence-electron chi connectivity index (χ1n) is 6.47. The average Bonchev–Trinajstić information content (AvgIpc) is 2.89. The number of carbonyl (C=O) groups excluding carboxylic acids is 1. The molecule has 0 bridgehead atoms. The Labute approximate surface area is 132 Å². The van der Waals surface area contributed by atoms with Crippen LogP contribution in [0.5, 0.6) is 0 Å². The van der Waals surface area contributed by atoms with E-state index in [9.17, 15) is 4.79 Å². The monoisotopic (exact) mass is 325 g/mol. The molecule has 0 aliphatic carbocycles. The van der Waals surface area contributed by atoms with Crippen molar-refractivity contribution in [2.45, 2.75) is 25.6 Å². The van der Waals surface area contributed by atoms with E-state index in [-0.39, 0.29) is 11.2 Å². The number of rotatable bonds is 6. The fraction of sp³-hybridized carbons (Fsp3) is 0.357. The van der Waals surface area contributed by atoms with Crippen molar-refractivity contribution < 1.29 is 9.32 Å². The Kier molecular flexibility index (Phi) is 5.64. The predicted octanol–water partition coefficient (Wildman–Crippen LogP) is 3.14. The quantitative estimate of drug-likeness (QED) is 0.883. The summed E-state index contributed by atoms with van der Waals surface area (Å²) in [4.78, 5) is 16.0. The minimum atomic E-state index is -0.0388. The third-order valence-corrected chi connectivity index (χ3v) is 4.10. The lowest BCUT2D eigenvalue weighted by molar-refractivity contribution is -0.118. The van der Waals surface area contributed by atoms with E-state index in [0.717, 1.165) is 5.56 Å². The number of hydrogen-bond donors (Lipinski definition) is 1. The molecule has 112 valence electrons. The maximum absolute atomic E-state index is 11.8. The highest BCUT2D eigenvalue weighted by molar-refractivity contribution is 8.00. The van der Waals surface area contributed by atoms with Gasteiger partial charge in [0.2, 0.25) is 11.8 Å². The van der Waals surface area contributed by atoms with Crippen molar-refractivity contribution >= 4 is 29.3 Å². The van der Waals surface area contributed by atoms with Gasteiger partial charge in [-0.05, 0) is 31.5 Å². The summed E-state index contributed by atoms with van der Waals surface area (Å²) in [6.07, 6.45) is 0. The van der Waals surface area contributed by atoms with Gasteiger partial charge >= 0.3 is 0 Å². The first kappa shape index (κ1) is 15.9. The van der Waals surface area contributed by atoms with Gasteiger partial charge in [-0.25, -0.2) is 0 Å². The van der Waals surface area contributed by atoms with Crippen molar-refractivity contribution in [3.63, 3.8) is 0 Å². The number of hydrogen-bond acceptors (Lipinski definition) is 5. The molecule has 0 saturated heterocycles. The summed E-state index contributed by atoms with van der Waals surface area (Å²) in [5.74, 6) is 1.44. The number of thioether (sulfide) groups is 1. The molecular weight excluding hydrogens is 310 g/mol. The van der Waals surface area contributed by atoms with Crippen LogP contribution in [-0.2, 0) is 11.3 Å². The molecule has 1 aromatic heterocycles. The number of benzene rings is 1. The molecule has 0 spiro atoms. The van der Waals surface area contributed by atoms with Crippen LogP contribution in [0, 0.1) is 6.92 Å². The zero-order valence-electron chi connectivity index (χ0n) is 11.8. The van der Waals surface area contributed by atoms with Gasteiger partial charge in [0.15, 0.2) is 5.82 Å². The number of amides is 1. The van der Waals surface area contributed by atoms with Gasteiger partial charge in [-0.1, -0.05) is 28.9 Å². The summed E-state index contributed by atoms with van der Waals surface area (Å²) in [7, 11) is 0. The Balaban J connectivity index is 1.75. The lowest BCUT2D eigenvalue weighted by atomic mass is 10.2. The topological polar surface area (TPSA) is 68.0 Å². The van der Waals surface area contributed by atoms with Gasteiger partial charge < -0.3 is 9.84 Å². The second-order valence-corrected chi connectivity index (χ2v) is 6.31. The normalized spacial score (nSPS) is 12.1. The summed E-state index contributed by atoms with van der Waals surface area (Å²) in [6, 6.07) is 7.41. The molecule has 21 heavy (non-hydrogen) atoms. The molecule has 1 amide bonds. The zero-order valence-corrected chi connectivity index (χ0v) is 13.4. The van der Waals surface area contributed by atoms with E-state index in [4.69, 9.17) is 16.1 Å². The van der Waals surface area contributed by atoms with E-state index >= 15 is 0 Å². The van der Waals surface area contributed by atoms with Crippen molar-refractivity contribution in [2.75, 3.05) is 5.75 Å². The number of aromatic nitrogens is 2. The summed E-state index contributed by atoms with van der Waals surface area (Å²) in [6.45, 7) is 4.16. The van der Waals surface area contributed by atoms with Crippen molar-refractivity contribution in [2.24, 2.45) is 0 Å². The number of carbonyl (C=O) groups is 1. The number of nitrogens with zero attached hydrogens (tertiary/aromatic N) is 2. The maximum Gasteiger partial charge on any atom is 0.239 e. The smallest absolute Gasteiger partial charge is 0.239 e. The van der Waals surface area contributed by atoms with Crippen molar-refractivity contribution in [1.29, 1.82) is 0 Å². The summed E-state index contributed by atoms with van der Waals surface area (Å²) in [5.41, 5.74) is 0.974. The second kappa shape index (κ2) is 7.47. The van der Waals surface area contributed by atoms with Crippen LogP contribution in [0.3, 0.4) is 0 Å². The van der Waals surface area contributed by atoms with Gasteiger partial charge in [-0.2, -0.15) is 4.98 Å². The lowest BCUT2D eigenvalue weighted by Crippen LogP contribution is -2.24. The minimum absolute atomic E-state index is 0.0110. The van der Waals surface area contributed by atoms with Gasteiger partial charge in [-0.3, -0.25) is 4.79 Å². The number of halogens is 1. The molecule has 7 heteroatoms. The molecule has 0 aliphatic rings. The lowest BCUT2D eigenvalue weighted by Gasteiger charge is -2.08. The van der Waals surface area contributed by atoms with Crippen molar-refractivity contribution in [3.05, 3.63) is 46.6 Å². The van der Waals surface area contributed by atoms with E-state index in [1.165, 1.54) is 11.8 Å². The Morgan fingerprint density at radius 3 is 3.00 bits per heavy atom. The Morgan fingerprint density at radius 1 is 1.52 bits per heavy atom. The summed E-state index contributed by atoms with van der Waals surface area (Å²) >= 11 is 7.35. The zero-order chi connectivity index (χ0) is 15.2. The van der Waals surface area contributed by atoms with Crippen LogP contribution >= 0.6 is 23.4 Å². The van der Waals surface area contributed by atoms with E-state index in [1.54, 1.807) is 13.0 Å². The van der Waals surface area contributed by atoms with Crippen LogP contribution in [0.1, 0.15) is 29.5 Å². The molecule has 2 aromatic rings. The molecule has 5 nitrogen and oxygen atoms in total. The van der Waals surface area contributed by atoms with E-state index in [0.29, 0.717) is 29.0 Å². The van der Waals surface area contributed by atoms with Crippen LogP contribution in [0.25, 0.3) is 0 Å². The SMILES string of the molecule is Cc1noc([C@H](C)SCC(=O)NCc2cccc(Cl)c2)n1. The van der Waals surface area contributed by atoms with Crippen molar-refractivity contribution in [1.82, 2.24) is 15.5 Å². The molecule has 0 aliphatic heterocycles. The fourth-order valence-electron chi connectivity index (χ4n) is 1.65. The molecule has 1 atom stereocenters. The van der Waals surface area contributed by atoms with E-state index < -0.39 is 0 Å². The van der Waals surface area contributed by atoms with Gasteiger partial charge in [0.05, 0.1) is 11.0 Å². The first-order chi connectivity index (χ1) is 10.0. The van der Waals surface area contributed by atoms with Gasteiger partial charge in [0, 0.05) is 11.6 Å². The van der Waals surface area contributed by atoms with E-state index in [1.807, 2.05) is 25.1 Å². The largest absolute Gasteiger partial charge is 0.351 e. The maximum atomic E-state index is 11.8. The Morgan fingerprint density at radius 2 is 2.33 bits per heavy atom. The third kappa shape index (κ3) is 5.06. The molecule has 0 saturated carbocycles. The Hall–Kier alpha value is -1.53. The third-order valence-electron chi connectivity index (χ3n) is 2.73. The molecule has 0 unspecified atom stereocenters. The minimum Gasteiger partial charge on any atom is -0.351 e. The number of nitrogens with one attached hydrogen (secondary N) is 1.